The zero-order chi connectivity index (χ0) is 17.5. The number of benzene rings is 1. The van der Waals surface area contributed by atoms with E-state index in [2.05, 4.69) is 16.0 Å². The largest absolute Gasteiger partial charge is 0.494 e. The summed E-state index contributed by atoms with van der Waals surface area (Å²) >= 11 is 0. The number of methoxy groups -OCH3 is 1. The molecular weight excluding hydrogens is 306 g/mol. The first kappa shape index (κ1) is 18.3. The predicted molar refractivity (Wildman–Crippen MR) is 95.4 cm³/mol. The second kappa shape index (κ2) is 8.68. The van der Waals surface area contributed by atoms with Gasteiger partial charge < -0.3 is 20.7 Å². The number of nitrogens with one attached hydrogen (secondary N) is 3. The summed E-state index contributed by atoms with van der Waals surface area (Å²) in [4.78, 5) is 24.2. The molecule has 1 aliphatic rings. The maximum absolute atomic E-state index is 12.3. The van der Waals surface area contributed by atoms with E-state index in [-0.39, 0.29) is 23.8 Å². The number of anilines is 2. The highest BCUT2D eigenvalue weighted by molar-refractivity contribution is 5.96. The smallest absolute Gasteiger partial charge is 0.241 e. The van der Waals surface area contributed by atoms with Crippen LogP contribution in [-0.2, 0) is 9.59 Å². The Bertz CT molecular complexity index is 581. The fraction of sp³-hybridized carbons (Fsp3) is 0.556. The Morgan fingerprint density at radius 1 is 1.29 bits per heavy atom. The third-order valence-electron chi connectivity index (χ3n) is 3.96. The molecule has 6 heteroatoms. The lowest BCUT2D eigenvalue weighted by molar-refractivity contribution is -0.119. The molecule has 1 fully saturated rings. The van der Waals surface area contributed by atoms with E-state index in [0.29, 0.717) is 23.5 Å². The Morgan fingerprint density at radius 2 is 2.08 bits per heavy atom. The van der Waals surface area contributed by atoms with Gasteiger partial charge >= 0.3 is 0 Å². The summed E-state index contributed by atoms with van der Waals surface area (Å²) in [6.45, 7) is 4.87. The van der Waals surface area contributed by atoms with Crippen molar-refractivity contribution in [1.82, 2.24) is 5.32 Å². The molecule has 0 bridgehead atoms. The topological polar surface area (TPSA) is 79.5 Å². The molecule has 2 rings (SSSR count). The van der Waals surface area contributed by atoms with Crippen molar-refractivity contribution in [1.29, 1.82) is 0 Å². The fourth-order valence-corrected chi connectivity index (χ4v) is 2.75. The minimum atomic E-state index is -0.143. The van der Waals surface area contributed by atoms with Crippen LogP contribution in [0.4, 0.5) is 11.4 Å². The standard InChI is InChI=1S/C18H27N3O3/c1-12(2)10-17(22)21-14-8-7-13(11-16(14)24-3)20-18(23)15-6-4-5-9-19-15/h7-8,11-12,15,19H,4-6,9-10H2,1-3H3,(H,20,23)(H,21,22)/t15-/m1/s1. The summed E-state index contributed by atoms with van der Waals surface area (Å²) < 4.78 is 5.34. The number of carbonyl (C=O) groups is 2. The third-order valence-corrected chi connectivity index (χ3v) is 3.96. The van der Waals surface area contributed by atoms with Crippen molar-refractivity contribution in [2.75, 3.05) is 24.3 Å². The van der Waals surface area contributed by atoms with Gasteiger partial charge in [0.05, 0.1) is 18.8 Å². The maximum Gasteiger partial charge on any atom is 0.241 e. The summed E-state index contributed by atoms with van der Waals surface area (Å²) in [6, 6.07) is 5.11. The molecule has 0 saturated carbocycles. The number of amides is 2. The summed E-state index contributed by atoms with van der Waals surface area (Å²) in [5, 5.41) is 8.98. The molecule has 1 atom stereocenters. The van der Waals surface area contributed by atoms with Gasteiger partial charge in [-0.25, -0.2) is 0 Å². The Morgan fingerprint density at radius 3 is 2.71 bits per heavy atom. The molecule has 1 aromatic rings. The molecule has 2 amide bonds. The average Bonchev–Trinajstić information content (AvgIpc) is 2.56. The second-order valence-corrected chi connectivity index (χ2v) is 6.55. The lowest BCUT2D eigenvalue weighted by atomic mass is 10.0. The molecule has 0 aromatic heterocycles. The van der Waals surface area contributed by atoms with E-state index in [9.17, 15) is 9.59 Å². The van der Waals surface area contributed by atoms with Crippen molar-refractivity contribution < 1.29 is 14.3 Å². The molecule has 1 heterocycles. The van der Waals surface area contributed by atoms with Crippen molar-refractivity contribution in [2.24, 2.45) is 5.92 Å². The summed E-state index contributed by atoms with van der Waals surface area (Å²) in [7, 11) is 1.54. The highest BCUT2D eigenvalue weighted by Crippen LogP contribution is 2.28. The van der Waals surface area contributed by atoms with Crippen molar-refractivity contribution in [3.63, 3.8) is 0 Å². The molecular formula is C18H27N3O3. The number of piperidine rings is 1. The Balaban J connectivity index is 2.02. The monoisotopic (exact) mass is 333 g/mol. The minimum absolute atomic E-state index is 0.0339. The molecule has 1 aromatic carbocycles. The Labute approximate surface area is 143 Å². The van der Waals surface area contributed by atoms with E-state index < -0.39 is 0 Å². The van der Waals surface area contributed by atoms with Gasteiger partial charge in [0, 0.05) is 18.2 Å². The Hall–Kier alpha value is -2.08. The van der Waals surface area contributed by atoms with Crippen LogP contribution in [-0.4, -0.2) is 31.5 Å². The van der Waals surface area contributed by atoms with Crippen molar-refractivity contribution in [3.8, 4) is 5.75 Å². The van der Waals surface area contributed by atoms with Crippen molar-refractivity contribution >= 4 is 23.2 Å². The molecule has 24 heavy (non-hydrogen) atoms. The SMILES string of the molecule is COc1cc(NC(=O)[C@H]2CCCCN2)ccc1NC(=O)CC(C)C. The van der Waals surface area contributed by atoms with Crippen LogP contribution in [0, 0.1) is 5.92 Å². The molecule has 3 N–H and O–H groups in total. The second-order valence-electron chi connectivity index (χ2n) is 6.55. The summed E-state index contributed by atoms with van der Waals surface area (Å²) in [6.07, 6.45) is 3.49. The van der Waals surface area contributed by atoms with Crippen LogP contribution in [0.1, 0.15) is 39.5 Å². The molecule has 0 spiro atoms. The van der Waals surface area contributed by atoms with Crippen molar-refractivity contribution in [2.45, 2.75) is 45.6 Å². The van der Waals surface area contributed by atoms with Gasteiger partial charge in [-0.3, -0.25) is 9.59 Å². The van der Waals surface area contributed by atoms with Crippen molar-refractivity contribution in [3.05, 3.63) is 18.2 Å². The van der Waals surface area contributed by atoms with Gasteiger partial charge in [0.15, 0.2) is 0 Å². The van der Waals surface area contributed by atoms with E-state index in [1.54, 1.807) is 25.3 Å². The van der Waals surface area contributed by atoms with Crippen LogP contribution in [0.25, 0.3) is 0 Å². The van der Waals surface area contributed by atoms with Gasteiger partial charge in [-0.1, -0.05) is 20.3 Å². The van der Waals surface area contributed by atoms with Crippen LogP contribution in [0.2, 0.25) is 0 Å². The first-order valence-corrected chi connectivity index (χ1v) is 8.51. The highest BCUT2D eigenvalue weighted by atomic mass is 16.5. The highest BCUT2D eigenvalue weighted by Gasteiger charge is 2.20. The average molecular weight is 333 g/mol. The predicted octanol–water partition coefficient (Wildman–Crippen LogP) is 2.76. The van der Waals surface area contributed by atoms with Gasteiger partial charge in [-0.15, -0.1) is 0 Å². The number of ether oxygens (including phenoxy) is 1. The molecule has 1 aliphatic heterocycles. The molecule has 0 unspecified atom stereocenters. The van der Waals surface area contributed by atoms with Crippen LogP contribution in [0.5, 0.6) is 5.75 Å². The van der Waals surface area contributed by atoms with E-state index in [1.165, 1.54) is 0 Å². The Kier molecular flexibility index (Phi) is 6.61. The van der Waals surface area contributed by atoms with Crippen LogP contribution in [0.15, 0.2) is 18.2 Å². The molecule has 1 saturated heterocycles. The van der Waals surface area contributed by atoms with E-state index in [0.717, 1.165) is 25.8 Å². The fourth-order valence-electron chi connectivity index (χ4n) is 2.75. The van der Waals surface area contributed by atoms with E-state index >= 15 is 0 Å². The molecule has 0 aliphatic carbocycles. The number of hydrogen-bond donors (Lipinski definition) is 3. The molecule has 0 radical (unpaired) electrons. The minimum Gasteiger partial charge on any atom is -0.494 e. The van der Waals surface area contributed by atoms with Gasteiger partial charge in [-0.2, -0.15) is 0 Å². The lowest BCUT2D eigenvalue weighted by Crippen LogP contribution is -2.43. The quantitative estimate of drug-likeness (QED) is 0.748. The normalized spacial score (nSPS) is 17.4. The lowest BCUT2D eigenvalue weighted by Gasteiger charge is -2.22. The van der Waals surface area contributed by atoms with E-state index in [4.69, 9.17) is 4.74 Å². The van der Waals surface area contributed by atoms with Gasteiger partial charge in [0.2, 0.25) is 11.8 Å². The van der Waals surface area contributed by atoms with Crippen LogP contribution < -0.4 is 20.7 Å². The van der Waals surface area contributed by atoms with Crippen LogP contribution >= 0.6 is 0 Å². The zero-order valence-corrected chi connectivity index (χ0v) is 14.6. The first-order chi connectivity index (χ1) is 11.5. The maximum atomic E-state index is 12.3. The third kappa shape index (κ3) is 5.23. The van der Waals surface area contributed by atoms with E-state index in [1.807, 2.05) is 13.8 Å². The summed E-state index contributed by atoms with van der Waals surface area (Å²) in [5.74, 6) is 0.735. The van der Waals surface area contributed by atoms with Gasteiger partial charge in [-0.05, 0) is 37.4 Å². The van der Waals surface area contributed by atoms with Gasteiger partial charge in [0.25, 0.3) is 0 Å². The molecule has 6 nitrogen and oxygen atoms in total. The first-order valence-electron chi connectivity index (χ1n) is 8.51. The number of rotatable bonds is 6. The van der Waals surface area contributed by atoms with Gasteiger partial charge in [0.1, 0.15) is 5.75 Å². The zero-order valence-electron chi connectivity index (χ0n) is 14.6. The number of hydrogen-bond acceptors (Lipinski definition) is 4. The number of carbonyl (C=O) groups excluding carboxylic acids is 2. The summed E-state index contributed by atoms with van der Waals surface area (Å²) in [5.41, 5.74) is 1.27. The molecule has 132 valence electrons. The van der Waals surface area contributed by atoms with Crippen LogP contribution in [0.3, 0.4) is 0 Å².